The van der Waals surface area contributed by atoms with Crippen LogP contribution in [0.3, 0.4) is 0 Å². The number of halogens is 1. The van der Waals surface area contributed by atoms with E-state index < -0.39 is 0 Å². The standard InChI is InChI=1S/C14H15ClN2/c15-13-5-3-11(4-6-13)12-9-14(10-12)16-17-7-1-2-8-17/h1-8,12,14,16H,9-10H2. The summed E-state index contributed by atoms with van der Waals surface area (Å²) in [7, 11) is 0. The molecule has 1 aliphatic carbocycles. The molecule has 1 aliphatic rings. The van der Waals surface area contributed by atoms with Crippen molar-refractivity contribution in [2.24, 2.45) is 0 Å². The number of nitrogens with one attached hydrogen (secondary N) is 1. The quantitative estimate of drug-likeness (QED) is 0.875. The van der Waals surface area contributed by atoms with Crippen LogP contribution >= 0.6 is 11.6 Å². The third-order valence-corrected chi connectivity index (χ3v) is 3.67. The molecule has 1 aromatic carbocycles. The number of aromatic nitrogens is 1. The Balaban J connectivity index is 1.56. The Kier molecular flexibility index (Phi) is 2.81. The summed E-state index contributed by atoms with van der Waals surface area (Å²) in [6, 6.07) is 12.9. The summed E-state index contributed by atoms with van der Waals surface area (Å²) in [6.07, 6.45) is 6.46. The predicted octanol–water partition coefficient (Wildman–Crippen LogP) is 3.63. The number of hydrogen-bond donors (Lipinski definition) is 1. The largest absolute Gasteiger partial charge is 0.323 e. The Hall–Kier alpha value is -1.41. The Bertz CT molecular complexity index is 469. The van der Waals surface area contributed by atoms with E-state index in [4.69, 9.17) is 11.6 Å². The molecule has 1 aromatic heterocycles. The fraction of sp³-hybridized carbons (Fsp3) is 0.286. The van der Waals surface area contributed by atoms with Crippen molar-refractivity contribution in [3.63, 3.8) is 0 Å². The zero-order valence-electron chi connectivity index (χ0n) is 9.51. The summed E-state index contributed by atoms with van der Waals surface area (Å²) in [5.74, 6) is 0.681. The molecule has 0 saturated heterocycles. The summed E-state index contributed by atoms with van der Waals surface area (Å²) in [5, 5.41) is 0.815. The lowest BCUT2D eigenvalue weighted by Crippen LogP contribution is -2.38. The highest BCUT2D eigenvalue weighted by molar-refractivity contribution is 6.30. The van der Waals surface area contributed by atoms with E-state index in [1.807, 2.05) is 41.3 Å². The molecule has 1 heterocycles. The average molecular weight is 247 g/mol. The lowest BCUT2D eigenvalue weighted by Gasteiger charge is -2.37. The highest BCUT2D eigenvalue weighted by atomic mass is 35.5. The van der Waals surface area contributed by atoms with E-state index >= 15 is 0 Å². The van der Waals surface area contributed by atoms with Gasteiger partial charge in [-0.3, -0.25) is 4.68 Å². The lowest BCUT2D eigenvalue weighted by atomic mass is 9.76. The smallest absolute Gasteiger partial charge is 0.0436 e. The second-order valence-corrected chi connectivity index (χ2v) is 5.07. The van der Waals surface area contributed by atoms with Gasteiger partial charge in [-0.1, -0.05) is 23.7 Å². The maximum Gasteiger partial charge on any atom is 0.0436 e. The molecule has 1 saturated carbocycles. The maximum absolute atomic E-state index is 5.89. The van der Waals surface area contributed by atoms with Crippen LogP contribution < -0.4 is 5.43 Å². The fourth-order valence-corrected chi connectivity index (χ4v) is 2.49. The number of hydrogen-bond acceptors (Lipinski definition) is 1. The van der Waals surface area contributed by atoms with Crippen molar-refractivity contribution in [1.82, 2.24) is 4.68 Å². The van der Waals surface area contributed by atoms with E-state index in [-0.39, 0.29) is 0 Å². The van der Waals surface area contributed by atoms with Crippen molar-refractivity contribution < 1.29 is 0 Å². The molecule has 0 spiro atoms. The Labute approximate surface area is 106 Å². The van der Waals surface area contributed by atoms with Gasteiger partial charge in [0.15, 0.2) is 0 Å². The predicted molar refractivity (Wildman–Crippen MR) is 71.0 cm³/mol. The van der Waals surface area contributed by atoms with Gasteiger partial charge in [0.05, 0.1) is 0 Å². The number of nitrogens with zero attached hydrogens (tertiary/aromatic N) is 1. The minimum atomic E-state index is 0.586. The molecule has 0 atom stereocenters. The summed E-state index contributed by atoms with van der Waals surface area (Å²) in [4.78, 5) is 0. The van der Waals surface area contributed by atoms with Gasteiger partial charge in [-0.25, -0.2) is 0 Å². The molecule has 0 bridgehead atoms. The van der Waals surface area contributed by atoms with Gasteiger partial charge >= 0.3 is 0 Å². The van der Waals surface area contributed by atoms with E-state index in [2.05, 4.69) is 17.6 Å². The minimum absolute atomic E-state index is 0.586. The summed E-state index contributed by atoms with van der Waals surface area (Å²) in [5.41, 5.74) is 4.86. The van der Waals surface area contributed by atoms with E-state index in [0.717, 1.165) is 5.02 Å². The minimum Gasteiger partial charge on any atom is -0.323 e. The zero-order valence-corrected chi connectivity index (χ0v) is 10.3. The zero-order chi connectivity index (χ0) is 11.7. The van der Waals surface area contributed by atoms with Crippen molar-refractivity contribution in [1.29, 1.82) is 0 Å². The van der Waals surface area contributed by atoms with Crippen LogP contribution in [0.5, 0.6) is 0 Å². The van der Waals surface area contributed by atoms with E-state index in [0.29, 0.717) is 12.0 Å². The summed E-state index contributed by atoms with van der Waals surface area (Å²) < 4.78 is 2.03. The van der Waals surface area contributed by atoms with Crippen LogP contribution in [-0.2, 0) is 0 Å². The van der Waals surface area contributed by atoms with Crippen LogP contribution in [0.2, 0.25) is 5.02 Å². The lowest BCUT2D eigenvalue weighted by molar-refractivity contribution is 0.352. The Morgan fingerprint density at radius 1 is 1.06 bits per heavy atom. The van der Waals surface area contributed by atoms with Gasteiger partial charge in [0.1, 0.15) is 0 Å². The van der Waals surface area contributed by atoms with Crippen molar-refractivity contribution >= 4 is 11.6 Å². The molecule has 0 aliphatic heterocycles. The molecule has 2 aromatic rings. The fourth-order valence-electron chi connectivity index (χ4n) is 2.36. The number of rotatable bonds is 3. The van der Waals surface area contributed by atoms with Crippen molar-refractivity contribution in [3.05, 3.63) is 59.4 Å². The highest BCUT2D eigenvalue weighted by Crippen LogP contribution is 2.37. The molecule has 1 fully saturated rings. The van der Waals surface area contributed by atoms with Crippen LogP contribution in [0.15, 0.2) is 48.8 Å². The Morgan fingerprint density at radius 2 is 1.71 bits per heavy atom. The van der Waals surface area contributed by atoms with Crippen molar-refractivity contribution in [3.8, 4) is 0 Å². The van der Waals surface area contributed by atoms with Crippen LogP contribution in [0, 0.1) is 0 Å². The molecule has 2 nitrogen and oxygen atoms in total. The monoisotopic (exact) mass is 246 g/mol. The van der Waals surface area contributed by atoms with Gasteiger partial charge in [-0.15, -0.1) is 0 Å². The van der Waals surface area contributed by atoms with Crippen LogP contribution in [0.4, 0.5) is 0 Å². The first-order valence-corrected chi connectivity index (χ1v) is 6.34. The molecule has 0 amide bonds. The Morgan fingerprint density at radius 3 is 2.35 bits per heavy atom. The topological polar surface area (TPSA) is 17.0 Å². The van der Waals surface area contributed by atoms with Crippen LogP contribution in [-0.4, -0.2) is 10.7 Å². The first-order chi connectivity index (χ1) is 8.31. The second kappa shape index (κ2) is 4.46. The van der Waals surface area contributed by atoms with Crippen molar-refractivity contribution in [2.75, 3.05) is 5.43 Å². The molecule has 88 valence electrons. The van der Waals surface area contributed by atoms with Gasteiger partial charge in [0.25, 0.3) is 0 Å². The van der Waals surface area contributed by atoms with Gasteiger partial charge in [0, 0.05) is 23.5 Å². The third-order valence-electron chi connectivity index (χ3n) is 3.42. The van der Waals surface area contributed by atoms with Crippen molar-refractivity contribution in [2.45, 2.75) is 24.8 Å². The molecular formula is C14H15ClN2. The first kappa shape index (κ1) is 10.7. The maximum atomic E-state index is 5.89. The normalized spacial score (nSPS) is 23.1. The van der Waals surface area contributed by atoms with Gasteiger partial charge in [-0.05, 0) is 48.6 Å². The van der Waals surface area contributed by atoms with Crippen LogP contribution in [0.1, 0.15) is 24.3 Å². The molecule has 17 heavy (non-hydrogen) atoms. The van der Waals surface area contributed by atoms with Crippen LogP contribution in [0.25, 0.3) is 0 Å². The number of benzene rings is 1. The van der Waals surface area contributed by atoms with E-state index in [1.54, 1.807) is 0 Å². The molecule has 1 N–H and O–H groups in total. The highest BCUT2D eigenvalue weighted by Gasteiger charge is 2.30. The molecule has 3 rings (SSSR count). The van der Waals surface area contributed by atoms with Gasteiger partial charge < -0.3 is 5.43 Å². The van der Waals surface area contributed by atoms with Gasteiger partial charge in [0.2, 0.25) is 0 Å². The third kappa shape index (κ3) is 2.32. The molecular weight excluding hydrogens is 232 g/mol. The SMILES string of the molecule is Clc1ccc(C2CC(Nn3cccc3)C2)cc1. The average Bonchev–Trinajstić information content (AvgIpc) is 2.77. The van der Waals surface area contributed by atoms with E-state index in [9.17, 15) is 0 Å². The summed E-state index contributed by atoms with van der Waals surface area (Å²) in [6.45, 7) is 0. The molecule has 0 unspecified atom stereocenters. The second-order valence-electron chi connectivity index (χ2n) is 4.64. The molecule has 3 heteroatoms. The van der Waals surface area contributed by atoms with E-state index in [1.165, 1.54) is 18.4 Å². The molecule has 0 radical (unpaired) electrons. The summed E-state index contributed by atoms with van der Waals surface area (Å²) >= 11 is 5.89. The first-order valence-electron chi connectivity index (χ1n) is 5.96. The van der Waals surface area contributed by atoms with Gasteiger partial charge in [-0.2, -0.15) is 0 Å².